The van der Waals surface area contributed by atoms with E-state index in [1.165, 1.54) is 0 Å². The second kappa shape index (κ2) is 6.51. The Hall–Kier alpha value is -0.210. The minimum absolute atomic E-state index is 0.104. The minimum Gasteiger partial charge on any atom is -0.391 e. The van der Waals surface area contributed by atoms with Crippen LogP contribution in [-0.4, -0.2) is 69.7 Å². The Labute approximate surface area is 96.3 Å². The second-order valence-electron chi connectivity index (χ2n) is 3.70. The fourth-order valence-electron chi connectivity index (χ4n) is 1.60. The fourth-order valence-corrected chi connectivity index (χ4v) is 2.63. The molecule has 0 radical (unpaired) electrons. The zero-order valence-corrected chi connectivity index (χ0v) is 10.3. The molecule has 7 heteroatoms. The lowest BCUT2D eigenvalue weighted by molar-refractivity contribution is 0.0183. The van der Waals surface area contributed by atoms with E-state index in [1.54, 1.807) is 6.92 Å². The maximum absolute atomic E-state index is 11.3. The van der Waals surface area contributed by atoms with Crippen LogP contribution in [0.15, 0.2) is 0 Å². The van der Waals surface area contributed by atoms with Gasteiger partial charge < -0.3 is 9.84 Å². The predicted molar refractivity (Wildman–Crippen MR) is 58.7 cm³/mol. The van der Waals surface area contributed by atoms with Gasteiger partial charge in [0.25, 0.3) is 10.1 Å². The third-order valence-electron chi connectivity index (χ3n) is 2.27. The van der Waals surface area contributed by atoms with Gasteiger partial charge in [0.05, 0.1) is 25.9 Å². The Balaban J connectivity index is 2.31. The molecule has 1 heterocycles. The number of aliphatic hydroxyl groups is 1. The van der Waals surface area contributed by atoms with Crippen molar-refractivity contribution >= 4 is 10.1 Å². The van der Waals surface area contributed by atoms with E-state index in [-0.39, 0.29) is 12.4 Å². The summed E-state index contributed by atoms with van der Waals surface area (Å²) in [4.78, 5) is 1.98. The lowest BCUT2D eigenvalue weighted by Gasteiger charge is -2.28. The van der Waals surface area contributed by atoms with Crippen molar-refractivity contribution < 1.29 is 22.4 Å². The molecule has 6 nitrogen and oxygen atoms in total. The van der Waals surface area contributed by atoms with Crippen molar-refractivity contribution in [3.05, 3.63) is 0 Å². The quantitative estimate of drug-likeness (QED) is 0.615. The van der Waals surface area contributed by atoms with Crippen molar-refractivity contribution in [2.45, 2.75) is 13.0 Å². The van der Waals surface area contributed by atoms with Crippen molar-refractivity contribution in [2.75, 3.05) is 45.2 Å². The number of nitrogens with zero attached hydrogens (tertiary/aromatic N) is 1. The molecule has 1 saturated heterocycles. The maximum Gasteiger partial charge on any atom is 0.269 e. The summed E-state index contributed by atoms with van der Waals surface area (Å²) in [6.07, 6.45) is -0.908. The molecule has 1 atom stereocenters. The van der Waals surface area contributed by atoms with E-state index in [2.05, 4.69) is 4.18 Å². The van der Waals surface area contributed by atoms with Crippen molar-refractivity contribution in [3.63, 3.8) is 0 Å². The number of ether oxygens (including phenoxy) is 1. The molecule has 1 rings (SSSR count). The van der Waals surface area contributed by atoms with Gasteiger partial charge in [-0.15, -0.1) is 0 Å². The Kier molecular flexibility index (Phi) is 5.63. The van der Waals surface area contributed by atoms with E-state index in [1.807, 2.05) is 4.90 Å². The highest BCUT2D eigenvalue weighted by Crippen LogP contribution is 2.02. The van der Waals surface area contributed by atoms with Crippen LogP contribution in [0.2, 0.25) is 0 Å². The van der Waals surface area contributed by atoms with Crippen molar-refractivity contribution in [1.29, 1.82) is 0 Å². The normalized spacial score (nSPS) is 20.9. The number of rotatable bonds is 6. The first-order valence-electron chi connectivity index (χ1n) is 5.39. The minimum atomic E-state index is -3.59. The van der Waals surface area contributed by atoms with E-state index in [0.717, 1.165) is 13.1 Å². The molecule has 1 unspecified atom stereocenters. The van der Waals surface area contributed by atoms with Crippen molar-refractivity contribution in [2.24, 2.45) is 0 Å². The highest BCUT2D eigenvalue weighted by atomic mass is 32.2. The van der Waals surface area contributed by atoms with Crippen LogP contribution in [0.25, 0.3) is 0 Å². The Morgan fingerprint density at radius 1 is 1.44 bits per heavy atom. The largest absolute Gasteiger partial charge is 0.391 e. The predicted octanol–water partition coefficient (Wildman–Crippen LogP) is -0.954. The summed E-state index contributed by atoms with van der Waals surface area (Å²) in [5.41, 5.74) is 0. The standard InChI is InChI=1S/C9H19NO5S/c1-2-15-16(12,13)8-9(11)7-10-3-5-14-6-4-10/h9,11H,2-8H2,1H3. The smallest absolute Gasteiger partial charge is 0.269 e. The molecular weight excluding hydrogens is 234 g/mol. The molecule has 96 valence electrons. The van der Waals surface area contributed by atoms with Gasteiger partial charge in [-0.25, -0.2) is 0 Å². The number of β-amino-alcohol motifs (C(OH)–C–C–N with tert-alkyl or cyclic N) is 1. The van der Waals surface area contributed by atoms with Crippen molar-refractivity contribution in [1.82, 2.24) is 4.90 Å². The monoisotopic (exact) mass is 253 g/mol. The first-order chi connectivity index (χ1) is 7.53. The molecule has 0 bridgehead atoms. The van der Waals surface area contributed by atoms with Crippen LogP contribution in [0.4, 0.5) is 0 Å². The van der Waals surface area contributed by atoms with Gasteiger partial charge in [-0.05, 0) is 6.92 Å². The van der Waals surface area contributed by atoms with Gasteiger partial charge in [-0.3, -0.25) is 9.08 Å². The Morgan fingerprint density at radius 2 is 2.06 bits per heavy atom. The maximum atomic E-state index is 11.3. The molecule has 0 amide bonds. The molecule has 0 aromatic heterocycles. The van der Waals surface area contributed by atoms with E-state index >= 15 is 0 Å². The molecule has 1 aliphatic rings. The summed E-state index contributed by atoms with van der Waals surface area (Å²) >= 11 is 0. The highest BCUT2D eigenvalue weighted by Gasteiger charge is 2.21. The molecule has 1 N–H and O–H groups in total. The van der Waals surface area contributed by atoms with Gasteiger partial charge >= 0.3 is 0 Å². The van der Waals surface area contributed by atoms with Crippen LogP contribution < -0.4 is 0 Å². The number of hydrogen-bond donors (Lipinski definition) is 1. The molecule has 1 fully saturated rings. The third-order valence-corrected chi connectivity index (χ3v) is 3.65. The summed E-state index contributed by atoms with van der Waals surface area (Å²) in [7, 11) is -3.59. The number of morpholine rings is 1. The van der Waals surface area contributed by atoms with Crippen LogP contribution in [0.1, 0.15) is 6.92 Å². The Bertz CT molecular complexity index is 286. The zero-order valence-electron chi connectivity index (χ0n) is 9.46. The first-order valence-corrected chi connectivity index (χ1v) is 6.96. The molecule has 0 aromatic rings. The molecule has 0 aromatic carbocycles. The molecular formula is C9H19NO5S. The summed E-state index contributed by atoms with van der Waals surface area (Å²) in [5.74, 6) is -0.349. The van der Waals surface area contributed by atoms with Gasteiger partial charge in [-0.1, -0.05) is 0 Å². The zero-order chi connectivity index (χ0) is 12.0. The lowest BCUT2D eigenvalue weighted by Crippen LogP contribution is -2.42. The van der Waals surface area contributed by atoms with E-state index in [9.17, 15) is 13.5 Å². The van der Waals surface area contributed by atoms with Crippen LogP contribution in [0.5, 0.6) is 0 Å². The lowest BCUT2D eigenvalue weighted by atomic mass is 10.3. The van der Waals surface area contributed by atoms with Crippen molar-refractivity contribution in [3.8, 4) is 0 Å². The van der Waals surface area contributed by atoms with Gasteiger partial charge in [0.15, 0.2) is 0 Å². The summed E-state index contributed by atoms with van der Waals surface area (Å²) in [5, 5.41) is 9.62. The average Bonchev–Trinajstić information content (AvgIpc) is 2.17. The van der Waals surface area contributed by atoms with Gasteiger partial charge in [0.2, 0.25) is 0 Å². The molecule has 0 aliphatic carbocycles. The van der Waals surface area contributed by atoms with Gasteiger partial charge in [-0.2, -0.15) is 8.42 Å². The summed E-state index contributed by atoms with van der Waals surface area (Å²) in [6, 6.07) is 0. The molecule has 16 heavy (non-hydrogen) atoms. The summed E-state index contributed by atoms with van der Waals surface area (Å²) < 4.78 is 32.2. The van der Waals surface area contributed by atoms with E-state index < -0.39 is 16.2 Å². The van der Waals surface area contributed by atoms with Crippen LogP contribution in [-0.2, 0) is 19.0 Å². The molecule has 1 aliphatic heterocycles. The first kappa shape index (κ1) is 13.9. The number of hydrogen-bond acceptors (Lipinski definition) is 6. The number of aliphatic hydroxyl groups excluding tert-OH is 1. The molecule has 0 saturated carbocycles. The van der Waals surface area contributed by atoms with Gasteiger partial charge in [0, 0.05) is 19.6 Å². The van der Waals surface area contributed by atoms with Crippen LogP contribution in [0, 0.1) is 0 Å². The topological polar surface area (TPSA) is 76.1 Å². The van der Waals surface area contributed by atoms with E-state index in [4.69, 9.17) is 4.74 Å². The Morgan fingerprint density at radius 3 is 2.62 bits per heavy atom. The fraction of sp³-hybridized carbons (Fsp3) is 1.00. The van der Waals surface area contributed by atoms with Crippen LogP contribution in [0.3, 0.4) is 0 Å². The second-order valence-corrected chi connectivity index (χ2v) is 5.38. The van der Waals surface area contributed by atoms with E-state index in [0.29, 0.717) is 19.8 Å². The highest BCUT2D eigenvalue weighted by molar-refractivity contribution is 7.86. The molecule has 0 spiro atoms. The average molecular weight is 253 g/mol. The third kappa shape index (κ3) is 5.22. The summed E-state index contributed by atoms with van der Waals surface area (Å²) in [6.45, 7) is 4.77. The van der Waals surface area contributed by atoms with Crippen LogP contribution >= 0.6 is 0 Å². The SMILES string of the molecule is CCOS(=O)(=O)CC(O)CN1CCOCC1. The van der Waals surface area contributed by atoms with Gasteiger partial charge in [0.1, 0.15) is 5.75 Å².